The van der Waals surface area contributed by atoms with Crippen LogP contribution in [0.1, 0.15) is 44.6 Å². The third-order valence-corrected chi connectivity index (χ3v) is 3.04. The summed E-state index contributed by atoms with van der Waals surface area (Å²) in [5.74, 6) is 0.968. The minimum absolute atomic E-state index is 0.968. The van der Waals surface area contributed by atoms with Crippen LogP contribution in [0.25, 0.3) is 0 Å². The van der Waals surface area contributed by atoms with E-state index in [0.29, 0.717) is 0 Å². The molecule has 0 saturated heterocycles. The van der Waals surface area contributed by atoms with Crippen LogP contribution in [0.2, 0.25) is 0 Å². The van der Waals surface area contributed by atoms with Crippen LogP contribution in [0, 0.1) is 0 Å². The standard InChI is InChI=1S/C12H22N2S/c1-3-4-5-6-7-8-12-9-13-14(10-12)11-15-2/h9-10H,3-8,11H2,1-2H3. The van der Waals surface area contributed by atoms with Gasteiger partial charge in [-0.25, -0.2) is 0 Å². The first-order chi connectivity index (χ1) is 7.36. The minimum atomic E-state index is 0.968. The Morgan fingerprint density at radius 2 is 2.07 bits per heavy atom. The van der Waals surface area contributed by atoms with Gasteiger partial charge in [0.1, 0.15) is 0 Å². The average Bonchev–Trinajstić information content (AvgIpc) is 2.66. The topological polar surface area (TPSA) is 17.8 Å². The fourth-order valence-corrected chi connectivity index (χ4v) is 2.08. The molecule has 0 N–H and O–H groups in total. The Morgan fingerprint density at radius 3 is 2.80 bits per heavy atom. The summed E-state index contributed by atoms with van der Waals surface area (Å²) in [6, 6.07) is 0. The van der Waals surface area contributed by atoms with Crippen molar-refractivity contribution in [2.45, 2.75) is 51.3 Å². The van der Waals surface area contributed by atoms with Crippen molar-refractivity contribution >= 4 is 11.8 Å². The van der Waals surface area contributed by atoms with Crippen molar-refractivity contribution in [3.8, 4) is 0 Å². The van der Waals surface area contributed by atoms with Gasteiger partial charge in [0.25, 0.3) is 0 Å². The van der Waals surface area contributed by atoms with E-state index in [9.17, 15) is 0 Å². The summed E-state index contributed by atoms with van der Waals surface area (Å²) in [6.07, 6.45) is 14.2. The highest BCUT2D eigenvalue weighted by atomic mass is 32.2. The van der Waals surface area contributed by atoms with Crippen LogP contribution in [-0.2, 0) is 12.3 Å². The monoisotopic (exact) mass is 226 g/mol. The molecule has 0 aliphatic rings. The van der Waals surface area contributed by atoms with E-state index in [1.165, 1.54) is 44.1 Å². The summed E-state index contributed by atoms with van der Waals surface area (Å²) in [4.78, 5) is 0. The average molecular weight is 226 g/mol. The Morgan fingerprint density at radius 1 is 1.27 bits per heavy atom. The molecule has 1 aromatic heterocycles. The lowest BCUT2D eigenvalue weighted by Crippen LogP contribution is -1.92. The second kappa shape index (κ2) is 7.80. The highest BCUT2D eigenvalue weighted by Crippen LogP contribution is 2.09. The van der Waals surface area contributed by atoms with E-state index in [-0.39, 0.29) is 0 Å². The lowest BCUT2D eigenvalue weighted by Gasteiger charge is -1.98. The molecule has 0 aromatic carbocycles. The van der Waals surface area contributed by atoms with Crippen molar-refractivity contribution in [2.24, 2.45) is 0 Å². The summed E-state index contributed by atoms with van der Waals surface area (Å²) in [6.45, 7) is 2.26. The van der Waals surface area contributed by atoms with Gasteiger partial charge < -0.3 is 0 Å². The summed E-state index contributed by atoms with van der Waals surface area (Å²) in [5.41, 5.74) is 1.39. The number of thioether (sulfide) groups is 1. The lowest BCUT2D eigenvalue weighted by molar-refractivity contribution is 0.632. The molecule has 0 spiro atoms. The third kappa shape index (κ3) is 5.26. The summed E-state index contributed by atoms with van der Waals surface area (Å²) in [7, 11) is 0. The zero-order valence-electron chi connectivity index (χ0n) is 9.91. The third-order valence-electron chi connectivity index (χ3n) is 2.52. The maximum absolute atomic E-state index is 4.32. The molecule has 0 aliphatic heterocycles. The van der Waals surface area contributed by atoms with Gasteiger partial charge in [-0.1, -0.05) is 32.6 Å². The molecule has 1 aromatic rings. The van der Waals surface area contributed by atoms with Crippen LogP contribution in [-0.4, -0.2) is 16.0 Å². The van der Waals surface area contributed by atoms with Gasteiger partial charge in [0, 0.05) is 6.20 Å². The van der Waals surface area contributed by atoms with Crippen molar-refractivity contribution in [3.63, 3.8) is 0 Å². The fraction of sp³-hybridized carbons (Fsp3) is 0.750. The first kappa shape index (κ1) is 12.6. The van der Waals surface area contributed by atoms with E-state index in [4.69, 9.17) is 0 Å². The van der Waals surface area contributed by atoms with Crippen molar-refractivity contribution in [2.75, 3.05) is 6.26 Å². The van der Waals surface area contributed by atoms with Gasteiger partial charge in [-0.2, -0.15) is 5.10 Å². The highest BCUT2D eigenvalue weighted by molar-refractivity contribution is 7.97. The van der Waals surface area contributed by atoms with Crippen molar-refractivity contribution in [1.29, 1.82) is 0 Å². The number of hydrogen-bond acceptors (Lipinski definition) is 2. The van der Waals surface area contributed by atoms with Crippen LogP contribution < -0.4 is 0 Å². The van der Waals surface area contributed by atoms with E-state index < -0.39 is 0 Å². The molecule has 15 heavy (non-hydrogen) atoms. The fourth-order valence-electron chi connectivity index (χ4n) is 1.67. The summed E-state index contributed by atoms with van der Waals surface area (Å²) in [5, 5.41) is 4.32. The van der Waals surface area contributed by atoms with Crippen molar-refractivity contribution < 1.29 is 0 Å². The van der Waals surface area contributed by atoms with Crippen LogP contribution in [0.15, 0.2) is 12.4 Å². The molecule has 1 heterocycles. The van der Waals surface area contributed by atoms with E-state index in [2.05, 4.69) is 24.5 Å². The van der Waals surface area contributed by atoms with Gasteiger partial charge in [0.05, 0.1) is 12.1 Å². The molecule has 0 radical (unpaired) electrons. The first-order valence-electron chi connectivity index (χ1n) is 5.87. The van der Waals surface area contributed by atoms with E-state index in [0.717, 1.165) is 5.88 Å². The van der Waals surface area contributed by atoms with Gasteiger partial charge in [-0.05, 0) is 24.7 Å². The largest absolute Gasteiger partial charge is 0.263 e. The molecule has 0 saturated carbocycles. The van der Waals surface area contributed by atoms with Gasteiger partial charge in [-0.3, -0.25) is 4.68 Å². The number of aryl methyl sites for hydroxylation is 1. The predicted molar refractivity (Wildman–Crippen MR) is 68.2 cm³/mol. The molecular weight excluding hydrogens is 204 g/mol. The quantitative estimate of drug-likeness (QED) is 0.629. The number of rotatable bonds is 8. The molecule has 0 atom stereocenters. The van der Waals surface area contributed by atoms with Gasteiger partial charge in [0.2, 0.25) is 0 Å². The predicted octanol–water partition coefficient (Wildman–Crippen LogP) is 3.72. The molecule has 0 fully saturated rings. The van der Waals surface area contributed by atoms with Gasteiger partial charge >= 0.3 is 0 Å². The van der Waals surface area contributed by atoms with Crippen molar-refractivity contribution in [1.82, 2.24) is 9.78 Å². The summed E-state index contributed by atoms with van der Waals surface area (Å²) < 4.78 is 2.02. The number of unbranched alkanes of at least 4 members (excludes halogenated alkanes) is 4. The zero-order chi connectivity index (χ0) is 10.9. The van der Waals surface area contributed by atoms with E-state index >= 15 is 0 Å². The number of aromatic nitrogens is 2. The molecule has 0 amide bonds. The Kier molecular flexibility index (Phi) is 6.57. The Bertz CT molecular complexity index is 258. The Labute approximate surface area is 97.4 Å². The van der Waals surface area contributed by atoms with Crippen LogP contribution in [0.3, 0.4) is 0 Å². The Balaban J connectivity index is 2.14. The smallest absolute Gasteiger partial charge is 0.0860 e. The number of hydrogen-bond donors (Lipinski definition) is 0. The van der Waals surface area contributed by atoms with E-state index in [1.807, 2.05) is 10.9 Å². The SMILES string of the molecule is CCCCCCCc1cnn(CSC)c1. The normalized spacial score (nSPS) is 10.8. The molecule has 0 unspecified atom stereocenters. The highest BCUT2D eigenvalue weighted by Gasteiger charge is 1.97. The molecule has 3 heteroatoms. The maximum Gasteiger partial charge on any atom is 0.0860 e. The van der Waals surface area contributed by atoms with Crippen LogP contribution in [0.5, 0.6) is 0 Å². The molecule has 0 bridgehead atoms. The molecule has 1 rings (SSSR count). The number of nitrogens with zero attached hydrogens (tertiary/aromatic N) is 2. The van der Waals surface area contributed by atoms with Crippen molar-refractivity contribution in [3.05, 3.63) is 18.0 Å². The maximum atomic E-state index is 4.32. The summed E-state index contributed by atoms with van der Waals surface area (Å²) >= 11 is 1.80. The second-order valence-electron chi connectivity index (χ2n) is 3.97. The van der Waals surface area contributed by atoms with Gasteiger partial charge in [0.15, 0.2) is 0 Å². The molecule has 0 aliphatic carbocycles. The lowest BCUT2D eigenvalue weighted by atomic mass is 10.1. The zero-order valence-corrected chi connectivity index (χ0v) is 10.7. The van der Waals surface area contributed by atoms with E-state index in [1.54, 1.807) is 11.8 Å². The first-order valence-corrected chi connectivity index (χ1v) is 7.26. The second-order valence-corrected chi connectivity index (χ2v) is 4.81. The molecule has 2 nitrogen and oxygen atoms in total. The minimum Gasteiger partial charge on any atom is -0.263 e. The molecular formula is C12H22N2S. The Hall–Kier alpha value is -0.440. The molecule has 86 valence electrons. The van der Waals surface area contributed by atoms with Crippen LogP contribution in [0.4, 0.5) is 0 Å². The van der Waals surface area contributed by atoms with Crippen LogP contribution >= 0.6 is 11.8 Å². The van der Waals surface area contributed by atoms with Gasteiger partial charge in [-0.15, -0.1) is 11.8 Å².